The van der Waals surface area contributed by atoms with Gasteiger partial charge in [0.1, 0.15) is 24.7 Å². The van der Waals surface area contributed by atoms with Crippen molar-refractivity contribution in [1.29, 1.82) is 0 Å². The fraction of sp³-hybridized carbons (Fsp3) is 0.286. The van der Waals surface area contributed by atoms with Gasteiger partial charge in [-0.3, -0.25) is 9.48 Å². The number of halogens is 1. The predicted molar refractivity (Wildman–Crippen MR) is 81.2 cm³/mol. The monoisotopic (exact) mass is 308 g/mol. The lowest BCUT2D eigenvalue weighted by Gasteiger charge is -2.17. The number of rotatable bonds is 6. The van der Waals surface area contributed by atoms with Gasteiger partial charge >= 0.3 is 0 Å². The first-order valence-electron chi connectivity index (χ1n) is 6.46. The van der Waals surface area contributed by atoms with Gasteiger partial charge in [-0.15, -0.1) is 0 Å². The summed E-state index contributed by atoms with van der Waals surface area (Å²) >= 11 is 5.98. The first-order valence-corrected chi connectivity index (χ1v) is 6.84. The van der Waals surface area contributed by atoms with E-state index in [9.17, 15) is 4.79 Å². The van der Waals surface area contributed by atoms with Crippen LogP contribution in [0, 0.1) is 0 Å². The Kier molecular flexibility index (Phi) is 5.05. The highest BCUT2D eigenvalue weighted by Gasteiger charge is 2.10. The summed E-state index contributed by atoms with van der Waals surface area (Å²) in [6.45, 7) is 0.980. The molecule has 6 nitrogen and oxygen atoms in total. The molecule has 0 saturated heterocycles. The third-order valence-corrected chi connectivity index (χ3v) is 3.22. The summed E-state index contributed by atoms with van der Waals surface area (Å²) in [5, 5.41) is 4.52. The van der Waals surface area contributed by atoms with Crippen molar-refractivity contribution in [3.63, 3.8) is 0 Å². The maximum atomic E-state index is 12.0. The number of aromatic nitrogens is 2. The highest BCUT2D eigenvalue weighted by atomic mass is 35.5. The van der Waals surface area contributed by atoms with Crippen molar-refractivity contribution in [3.8, 4) is 5.75 Å². The number of nitrogens with zero attached hydrogens (tertiary/aromatic N) is 3. The molecule has 2 aromatic rings. The van der Waals surface area contributed by atoms with Crippen LogP contribution in [0.4, 0.5) is 5.82 Å². The van der Waals surface area contributed by atoms with Gasteiger partial charge in [0.25, 0.3) is 0 Å². The average molecular weight is 309 g/mol. The molecular formula is C14H17ClN4O2. The number of ether oxygens (including phenoxy) is 1. The first-order chi connectivity index (χ1) is 10.1. The zero-order valence-corrected chi connectivity index (χ0v) is 12.5. The van der Waals surface area contributed by atoms with Crippen molar-refractivity contribution in [2.75, 3.05) is 25.9 Å². The Morgan fingerprint density at radius 1 is 1.43 bits per heavy atom. The summed E-state index contributed by atoms with van der Waals surface area (Å²) in [4.78, 5) is 13.6. The second-order valence-electron chi connectivity index (χ2n) is 4.53. The summed E-state index contributed by atoms with van der Waals surface area (Å²) in [7, 11) is 1.71. The van der Waals surface area contributed by atoms with Crippen LogP contribution in [0.15, 0.2) is 36.5 Å². The minimum Gasteiger partial charge on any atom is -0.490 e. The van der Waals surface area contributed by atoms with Crippen LogP contribution < -0.4 is 10.5 Å². The molecule has 1 amide bonds. The van der Waals surface area contributed by atoms with E-state index in [1.165, 1.54) is 4.68 Å². The molecule has 2 N–H and O–H groups in total. The maximum absolute atomic E-state index is 12.0. The van der Waals surface area contributed by atoms with E-state index in [2.05, 4.69) is 5.10 Å². The largest absolute Gasteiger partial charge is 0.490 e. The van der Waals surface area contributed by atoms with Crippen LogP contribution in [-0.4, -0.2) is 40.8 Å². The van der Waals surface area contributed by atoms with Crippen LogP contribution in [0.25, 0.3) is 0 Å². The van der Waals surface area contributed by atoms with E-state index in [0.29, 0.717) is 29.7 Å². The van der Waals surface area contributed by atoms with Crippen LogP contribution in [-0.2, 0) is 11.3 Å². The van der Waals surface area contributed by atoms with Crippen LogP contribution in [0.2, 0.25) is 5.02 Å². The predicted octanol–water partition coefficient (Wildman–Crippen LogP) is 1.66. The Morgan fingerprint density at radius 2 is 2.19 bits per heavy atom. The molecule has 0 aliphatic heterocycles. The molecule has 7 heteroatoms. The number of para-hydroxylation sites is 1. The van der Waals surface area contributed by atoms with Crippen molar-refractivity contribution in [3.05, 3.63) is 41.6 Å². The van der Waals surface area contributed by atoms with Gasteiger partial charge in [-0.05, 0) is 18.2 Å². The van der Waals surface area contributed by atoms with Gasteiger partial charge in [0.2, 0.25) is 5.91 Å². The molecule has 0 bridgehead atoms. The van der Waals surface area contributed by atoms with E-state index < -0.39 is 0 Å². The average Bonchev–Trinajstić information content (AvgIpc) is 2.86. The second-order valence-corrected chi connectivity index (χ2v) is 4.94. The summed E-state index contributed by atoms with van der Waals surface area (Å²) in [5.74, 6) is 0.938. The van der Waals surface area contributed by atoms with Crippen molar-refractivity contribution >= 4 is 23.3 Å². The quantitative estimate of drug-likeness (QED) is 0.880. The Morgan fingerprint density at radius 3 is 2.86 bits per heavy atom. The van der Waals surface area contributed by atoms with E-state index in [0.717, 1.165) is 0 Å². The topological polar surface area (TPSA) is 73.4 Å². The van der Waals surface area contributed by atoms with E-state index in [1.807, 2.05) is 12.1 Å². The SMILES string of the molecule is CN(CCOc1ccccc1Cl)C(=O)Cn1ccc(N)n1. The maximum Gasteiger partial charge on any atom is 0.244 e. The lowest BCUT2D eigenvalue weighted by atomic mass is 10.3. The number of carbonyl (C=O) groups is 1. The molecule has 112 valence electrons. The Bertz CT molecular complexity index is 615. The van der Waals surface area contributed by atoms with Crippen LogP contribution in [0.1, 0.15) is 0 Å². The molecule has 0 fully saturated rings. The molecule has 0 aliphatic rings. The van der Waals surface area contributed by atoms with Gasteiger partial charge in [-0.25, -0.2) is 0 Å². The smallest absolute Gasteiger partial charge is 0.244 e. The number of nitrogen functional groups attached to an aromatic ring is 1. The Hall–Kier alpha value is -2.21. The third kappa shape index (κ3) is 4.39. The van der Waals surface area contributed by atoms with E-state index >= 15 is 0 Å². The lowest BCUT2D eigenvalue weighted by Crippen LogP contribution is -2.33. The second kappa shape index (κ2) is 6.99. The molecule has 0 atom stereocenters. The van der Waals surface area contributed by atoms with E-state index in [-0.39, 0.29) is 12.5 Å². The number of amides is 1. The summed E-state index contributed by atoms with van der Waals surface area (Å²) in [6, 6.07) is 8.87. The Labute approximate surface area is 128 Å². The van der Waals surface area contributed by atoms with Crippen molar-refractivity contribution in [2.24, 2.45) is 0 Å². The van der Waals surface area contributed by atoms with Gasteiger partial charge < -0.3 is 15.4 Å². The highest BCUT2D eigenvalue weighted by Crippen LogP contribution is 2.22. The third-order valence-electron chi connectivity index (χ3n) is 2.91. The van der Waals surface area contributed by atoms with Gasteiger partial charge in [-0.1, -0.05) is 23.7 Å². The summed E-state index contributed by atoms with van der Waals surface area (Å²) < 4.78 is 7.05. The normalized spacial score (nSPS) is 10.4. The number of hydrogen-bond acceptors (Lipinski definition) is 4. The molecular weight excluding hydrogens is 292 g/mol. The molecule has 1 heterocycles. The van der Waals surface area contributed by atoms with Gasteiger partial charge in [0.05, 0.1) is 11.6 Å². The molecule has 2 rings (SSSR count). The van der Waals surface area contributed by atoms with Gasteiger partial charge in [0, 0.05) is 13.2 Å². The number of nitrogens with two attached hydrogens (primary N) is 1. The zero-order chi connectivity index (χ0) is 15.2. The van der Waals surface area contributed by atoms with Gasteiger partial charge in [-0.2, -0.15) is 5.10 Å². The number of carbonyl (C=O) groups excluding carboxylic acids is 1. The standard InChI is InChI=1S/C14H17ClN4O2/c1-18(14(20)10-19-7-6-13(16)17-19)8-9-21-12-5-3-2-4-11(12)15/h2-7H,8-10H2,1H3,(H2,16,17). The fourth-order valence-corrected chi connectivity index (χ4v) is 1.89. The first kappa shape index (κ1) is 15.2. The van der Waals surface area contributed by atoms with Crippen molar-refractivity contribution in [1.82, 2.24) is 14.7 Å². The molecule has 0 saturated carbocycles. The lowest BCUT2D eigenvalue weighted by molar-refractivity contribution is -0.131. The summed E-state index contributed by atoms with van der Waals surface area (Å²) in [6.07, 6.45) is 1.67. The summed E-state index contributed by atoms with van der Waals surface area (Å²) in [5.41, 5.74) is 5.50. The number of anilines is 1. The van der Waals surface area contributed by atoms with Gasteiger partial charge in [0.15, 0.2) is 0 Å². The van der Waals surface area contributed by atoms with Crippen molar-refractivity contribution < 1.29 is 9.53 Å². The fourth-order valence-electron chi connectivity index (χ4n) is 1.70. The number of hydrogen-bond donors (Lipinski definition) is 1. The van der Waals surface area contributed by atoms with Crippen molar-refractivity contribution in [2.45, 2.75) is 6.54 Å². The van der Waals surface area contributed by atoms with E-state index in [4.69, 9.17) is 22.1 Å². The molecule has 0 spiro atoms. The van der Waals surface area contributed by atoms with E-state index in [1.54, 1.807) is 36.3 Å². The molecule has 0 radical (unpaired) electrons. The molecule has 21 heavy (non-hydrogen) atoms. The number of likely N-dealkylation sites (N-methyl/N-ethyl adjacent to an activating group) is 1. The minimum atomic E-state index is -0.0686. The molecule has 0 unspecified atom stereocenters. The van der Waals surface area contributed by atoms with Crippen LogP contribution in [0.5, 0.6) is 5.75 Å². The van der Waals surface area contributed by atoms with Crippen LogP contribution >= 0.6 is 11.6 Å². The molecule has 1 aromatic heterocycles. The molecule has 1 aromatic carbocycles. The van der Waals surface area contributed by atoms with Crippen LogP contribution in [0.3, 0.4) is 0 Å². The zero-order valence-electron chi connectivity index (χ0n) is 11.7. The highest BCUT2D eigenvalue weighted by molar-refractivity contribution is 6.32. The Balaban J connectivity index is 1.77. The minimum absolute atomic E-state index is 0.0686. The number of benzene rings is 1. The molecule has 0 aliphatic carbocycles.